The minimum atomic E-state index is -0.457. The summed E-state index contributed by atoms with van der Waals surface area (Å²) in [7, 11) is 0. The van der Waals surface area contributed by atoms with E-state index in [0.717, 1.165) is 50.5 Å². The van der Waals surface area contributed by atoms with Crippen LogP contribution in [-0.2, 0) is 4.74 Å². The van der Waals surface area contributed by atoms with Crippen LogP contribution in [0, 0.1) is 5.92 Å². The van der Waals surface area contributed by atoms with Crippen LogP contribution in [-0.4, -0.2) is 47.0 Å². The largest absolute Gasteiger partial charge is 0.389 e. The first-order valence-corrected chi connectivity index (χ1v) is 9.96. The maximum Gasteiger partial charge on any atom is 0.0795 e. The predicted molar refractivity (Wildman–Crippen MR) is 88.8 cm³/mol. The van der Waals surface area contributed by atoms with Crippen LogP contribution in [0.3, 0.4) is 0 Å². The van der Waals surface area contributed by atoms with Gasteiger partial charge in [-0.15, -0.1) is 0 Å². The summed E-state index contributed by atoms with van der Waals surface area (Å²) in [5, 5.41) is 14.5. The topological polar surface area (TPSA) is 41.5 Å². The van der Waals surface area contributed by atoms with Gasteiger partial charge in [0.2, 0.25) is 0 Å². The normalized spacial score (nSPS) is 44.3. The lowest BCUT2D eigenvalue weighted by atomic mass is 9.77. The molecule has 0 aromatic heterocycles. The van der Waals surface area contributed by atoms with Crippen LogP contribution >= 0.6 is 11.8 Å². The zero-order chi connectivity index (χ0) is 14.8. The summed E-state index contributed by atoms with van der Waals surface area (Å²) in [4.78, 5) is 0. The average Bonchev–Trinajstić information content (AvgIpc) is 2.94. The molecule has 3 fully saturated rings. The summed E-state index contributed by atoms with van der Waals surface area (Å²) in [6.07, 6.45) is 9.05. The van der Waals surface area contributed by atoms with Crippen molar-refractivity contribution >= 4 is 11.8 Å². The van der Waals surface area contributed by atoms with Crippen LogP contribution in [0.15, 0.2) is 0 Å². The average molecular weight is 314 g/mol. The third-order valence-electron chi connectivity index (χ3n) is 5.89. The summed E-state index contributed by atoms with van der Waals surface area (Å²) in [5.41, 5.74) is -0.315. The van der Waals surface area contributed by atoms with Crippen molar-refractivity contribution in [3.05, 3.63) is 0 Å². The number of hydrogen-bond donors (Lipinski definition) is 2. The van der Waals surface area contributed by atoms with Crippen molar-refractivity contribution in [2.24, 2.45) is 5.92 Å². The summed E-state index contributed by atoms with van der Waals surface area (Å²) in [6.45, 7) is 3.93. The Morgan fingerprint density at radius 1 is 1.24 bits per heavy atom. The number of thioether (sulfide) groups is 1. The second kappa shape index (κ2) is 6.77. The molecule has 2 atom stereocenters. The van der Waals surface area contributed by atoms with Gasteiger partial charge in [-0.3, -0.25) is 0 Å². The Kier molecular flexibility index (Phi) is 5.19. The Bertz CT molecular complexity index is 336. The number of rotatable bonds is 4. The van der Waals surface area contributed by atoms with E-state index < -0.39 is 5.60 Å². The molecule has 0 amide bonds. The molecule has 1 spiro atoms. The maximum atomic E-state index is 10.8. The van der Waals surface area contributed by atoms with Crippen molar-refractivity contribution in [2.45, 2.75) is 75.5 Å². The second-order valence-electron chi connectivity index (χ2n) is 7.48. The summed E-state index contributed by atoms with van der Waals surface area (Å²) >= 11 is 2.03. The third kappa shape index (κ3) is 3.95. The smallest absolute Gasteiger partial charge is 0.0795 e. The van der Waals surface area contributed by atoms with Crippen molar-refractivity contribution in [3.63, 3.8) is 0 Å². The van der Waals surface area contributed by atoms with Crippen molar-refractivity contribution in [1.82, 2.24) is 5.32 Å². The monoisotopic (exact) mass is 313 g/mol. The summed E-state index contributed by atoms with van der Waals surface area (Å²) < 4.78 is 6.08. The second-order valence-corrected chi connectivity index (χ2v) is 8.59. The Hall–Kier alpha value is 0.230. The highest BCUT2D eigenvalue weighted by Crippen LogP contribution is 2.39. The van der Waals surface area contributed by atoms with Crippen molar-refractivity contribution in [2.75, 3.05) is 24.7 Å². The molecule has 3 aliphatic rings. The van der Waals surface area contributed by atoms with Gasteiger partial charge in [0, 0.05) is 24.9 Å². The first-order valence-electron chi connectivity index (χ1n) is 8.81. The van der Waals surface area contributed by atoms with Crippen molar-refractivity contribution in [1.29, 1.82) is 0 Å². The highest BCUT2D eigenvalue weighted by atomic mass is 32.2. The fraction of sp³-hybridized carbons (Fsp3) is 1.00. The van der Waals surface area contributed by atoms with Crippen LogP contribution in [0.25, 0.3) is 0 Å². The van der Waals surface area contributed by atoms with Crippen LogP contribution in [0.5, 0.6) is 0 Å². The van der Waals surface area contributed by atoms with E-state index in [1.165, 1.54) is 31.4 Å². The molecule has 0 aromatic rings. The molecule has 2 N–H and O–H groups in total. The molecule has 2 heterocycles. The van der Waals surface area contributed by atoms with Gasteiger partial charge in [-0.1, -0.05) is 13.3 Å². The summed E-state index contributed by atoms with van der Waals surface area (Å²) in [5.74, 6) is 3.25. The molecule has 1 saturated carbocycles. The number of ether oxygens (including phenoxy) is 1. The summed E-state index contributed by atoms with van der Waals surface area (Å²) in [6, 6.07) is 0.533. The third-order valence-corrected chi connectivity index (χ3v) is 7.12. The minimum Gasteiger partial charge on any atom is -0.389 e. The van der Waals surface area contributed by atoms with Gasteiger partial charge in [-0.25, -0.2) is 0 Å². The number of aliphatic hydroxyl groups is 1. The van der Waals surface area contributed by atoms with Gasteiger partial charge in [0.05, 0.1) is 11.2 Å². The molecule has 1 aliphatic carbocycles. The number of hydrogen-bond acceptors (Lipinski definition) is 4. The Morgan fingerprint density at radius 2 is 2.05 bits per heavy atom. The molecule has 4 heteroatoms. The van der Waals surface area contributed by atoms with Crippen LogP contribution < -0.4 is 5.32 Å². The van der Waals surface area contributed by atoms with Crippen molar-refractivity contribution < 1.29 is 9.84 Å². The fourth-order valence-corrected chi connectivity index (χ4v) is 5.58. The molecule has 0 radical (unpaired) electrons. The van der Waals surface area contributed by atoms with Gasteiger partial charge >= 0.3 is 0 Å². The Morgan fingerprint density at radius 3 is 2.71 bits per heavy atom. The quantitative estimate of drug-likeness (QED) is 0.837. The zero-order valence-electron chi connectivity index (χ0n) is 13.4. The first kappa shape index (κ1) is 16.1. The number of nitrogens with one attached hydrogen (secondary N) is 1. The van der Waals surface area contributed by atoms with Crippen molar-refractivity contribution in [3.8, 4) is 0 Å². The molecule has 2 aliphatic heterocycles. The predicted octanol–water partition coefficient (Wildman–Crippen LogP) is 2.96. The molecule has 3 rings (SSSR count). The van der Waals surface area contributed by atoms with E-state index in [-0.39, 0.29) is 5.60 Å². The Labute approximate surface area is 133 Å². The van der Waals surface area contributed by atoms with E-state index in [0.29, 0.717) is 6.04 Å². The van der Waals surface area contributed by atoms with E-state index in [2.05, 4.69) is 12.2 Å². The van der Waals surface area contributed by atoms with Crippen LogP contribution in [0.4, 0.5) is 0 Å². The van der Waals surface area contributed by atoms with Gasteiger partial charge in [-0.05, 0) is 56.6 Å². The van der Waals surface area contributed by atoms with Gasteiger partial charge in [-0.2, -0.15) is 11.8 Å². The first-order chi connectivity index (χ1) is 10.1. The van der Waals surface area contributed by atoms with Gasteiger partial charge in [0.25, 0.3) is 0 Å². The Balaban J connectivity index is 1.46. The molecular weight excluding hydrogens is 282 g/mol. The molecule has 122 valence electrons. The van der Waals surface area contributed by atoms with E-state index in [9.17, 15) is 5.11 Å². The van der Waals surface area contributed by atoms with Gasteiger partial charge < -0.3 is 15.2 Å². The minimum absolute atomic E-state index is 0.142. The van der Waals surface area contributed by atoms with Crippen LogP contribution in [0.2, 0.25) is 0 Å². The van der Waals surface area contributed by atoms with E-state index in [1.54, 1.807) is 0 Å². The van der Waals surface area contributed by atoms with Crippen LogP contribution in [0.1, 0.15) is 58.3 Å². The zero-order valence-corrected chi connectivity index (χ0v) is 14.2. The highest BCUT2D eigenvalue weighted by molar-refractivity contribution is 7.99. The fourth-order valence-electron chi connectivity index (χ4n) is 4.20. The SMILES string of the molecule is CCC1CCC(O)(CNC2CCOC3(CCSC3)C2)CC1. The van der Waals surface area contributed by atoms with E-state index in [1.807, 2.05) is 11.8 Å². The van der Waals surface area contributed by atoms with E-state index in [4.69, 9.17) is 4.74 Å². The molecular formula is C17H31NO2S. The van der Waals surface area contributed by atoms with Gasteiger partial charge in [0.1, 0.15) is 0 Å². The van der Waals surface area contributed by atoms with E-state index >= 15 is 0 Å². The highest BCUT2D eigenvalue weighted by Gasteiger charge is 2.41. The lowest BCUT2D eigenvalue weighted by Gasteiger charge is -2.41. The molecule has 0 aromatic carbocycles. The lowest BCUT2D eigenvalue weighted by molar-refractivity contribution is -0.0753. The molecule has 21 heavy (non-hydrogen) atoms. The maximum absolute atomic E-state index is 10.8. The standard InChI is InChI=1S/C17H31NO2S/c1-2-14-3-6-16(19,7-4-14)12-18-15-5-9-20-17(11-15)8-10-21-13-17/h14-15,18-19H,2-13H2,1H3. The lowest BCUT2D eigenvalue weighted by Crippen LogP contribution is -2.52. The van der Waals surface area contributed by atoms with Gasteiger partial charge in [0.15, 0.2) is 0 Å². The molecule has 2 unspecified atom stereocenters. The molecule has 3 nitrogen and oxygen atoms in total. The molecule has 0 bridgehead atoms. The molecule has 2 saturated heterocycles.